The molecule has 0 radical (unpaired) electrons. The zero-order valence-electron chi connectivity index (χ0n) is 11.6. The third-order valence-corrected chi connectivity index (χ3v) is 5.63. The second kappa shape index (κ2) is 6.75. The minimum absolute atomic E-state index is 0.0997. The van der Waals surface area contributed by atoms with Crippen LogP contribution in [0.4, 0.5) is 0 Å². The molecule has 3 nitrogen and oxygen atoms in total. The second-order valence-electron chi connectivity index (χ2n) is 5.07. The molecule has 3 unspecified atom stereocenters. The first-order chi connectivity index (χ1) is 9.22. The number of rotatable bonds is 6. The first-order valence-electron chi connectivity index (χ1n) is 6.80. The third kappa shape index (κ3) is 3.31. The van der Waals surface area contributed by atoms with Gasteiger partial charge in [0.15, 0.2) is 0 Å². The molecular weight excluding hydrogens is 258 g/mol. The number of hydrogen-bond acceptors (Lipinski definition) is 4. The van der Waals surface area contributed by atoms with Crippen molar-refractivity contribution in [3.05, 3.63) is 35.9 Å². The fraction of sp³-hybridized carbons (Fsp3) is 0.600. The Balaban J connectivity index is 2.07. The summed E-state index contributed by atoms with van der Waals surface area (Å²) in [6.07, 6.45) is 1.42. The molecule has 1 aromatic carbocycles. The fourth-order valence-electron chi connectivity index (χ4n) is 2.45. The summed E-state index contributed by atoms with van der Waals surface area (Å²) in [5.74, 6) is 0.850. The monoisotopic (exact) mass is 281 g/mol. The standard InChI is InChI=1S/C15H23NO2S/c1-12-14(8-9-18-12)19-11-15(10-17,16-2)13-6-4-3-5-7-13/h3-7,12,14,16-17H,8-11H2,1-2H3. The molecule has 0 bridgehead atoms. The van der Waals surface area contributed by atoms with Crippen LogP contribution in [-0.2, 0) is 10.3 Å². The van der Waals surface area contributed by atoms with E-state index < -0.39 is 0 Å². The number of aliphatic hydroxyl groups is 1. The number of benzene rings is 1. The Bertz CT molecular complexity index is 381. The largest absolute Gasteiger partial charge is 0.394 e. The second-order valence-corrected chi connectivity index (χ2v) is 6.30. The molecular formula is C15H23NO2S. The van der Waals surface area contributed by atoms with Gasteiger partial charge in [0.1, 0.15) is 0 Å². The molecule has 0 aromatic heterocycles. The predicted octanol–water partition coefficient (Wildman–Crippen LogP) is 2.00. The van der Waals surface area contributed by atoms with E-state index in [9.17, 15) is 5.11 Å². The van der Waals surface area contributed by atoms with Gasteiger partial charge in [-0.1, -0.05) is 30.3 Å². The number of likely N-dealkylation sites (N-methyl/N-ethyl adjacent to an activating group) is 1. The molecule has 2 rings (SSSR count). The lowest BCUT2D eigenvalue weighted by molar-refractivity contribution is 0.127. The third-order valence-electron chi connectivity index (χ3n) is 3.93. The zero-order valence-corrected chi connectivity index (χ0v) is 12.5. The summed E-state index contributed by atoms with van der Waals surface area (Å²) < 4.78 is 5.60. The van der Waals surface area contributed by atoms with Gasteiger partial charge in [0.2, 0.25) is 0 Å². The van der Waals surface area contributed by atoms with Crippen molar-refractivity contribution in [2.45, 2.75) is 30.2 Å². The van der Waals surface area contributed by atoms with Gasteiger partial charge in [0, 0.05) is 17.6 Å². The number of ether oxygens (including phenoxy) is 1. The molecule has 19 heavy (non-hydrogen) atoms. The minimum atomic E-state index is -0.367. The van der Waals surface area contributed by atoms with Gasteiger partial charge in [-0.05, 0) is 26.0 Å². The SMILES string of the molecule is CNC(CO)(CSC1CCOC1C)c1ccccc1. The van der Waals surface area contributed by atoms with E-state index in [0.29, 0.717) is 11.4 Å². The van der Waals surface area contributed by atoms with Gasteiger partial charge in [-0.15, -0.1) is 0 Å². The van der Waals surface area contributed by atoms with Crippen LogP contribution in [0.1, 0.15) is 18.9 Å². The molecule has 1 fully saturated rings. The van der Waals surface area contributed by atoms with E-state index in [1.54, 1.807) is 0 Å². The van der Waals surface area contributed by atoms with Crippen LogP contribution in [0, 0.1) is 0 Å². The number of aliphatic hydroxyl groups excluding tert-OH is 1. The van der Waals surface area contributed by atoms with E-state index in [4.69, 9.17) is 4.74 Å². The molecule has 1 saturated heterocycles. The lowest BCUT2D eigenvalue weighted by atomic mass is 9.93. The smallest absolute Gasteiger partial charge is 0.0758 e. The molecule has 1 aromatic rings. The molecule has 0 spiro atoms. The summed E-state index contributed by atoms with van der Waals surface area (Å²) in [7, 11) is 1.92. The van der Waals surface area contributed by atoms with Gasteiger partial charge >= 0.3 is 0 Å². The highest BCUT2D eigenvalue weighted by molar-refractivity contribution is 8.00. The highest BCUT2D eigenvalue weighted by Crippen LogP contribution is 2.32. The minimum Gasteiger partial charge on any atom is -0.394 e. The van der Waals surface area contributed by atoms with Crippen molar-refractivity contribution in [3.8, 4) is 0 Å². The van der Waals surface area contributed by atoms with Crippen molar-refractivity contribution in [3.63, 3.8) is 0 Å². The zero-order chi connectivity index (χ0) is 13.7. The normalized spacial score (nSPS) is 26.3. The maximum absolute atomic E-state index is 9.86. The molecule has 0 amide bonds. The summed E-state index contributed by atoms with van der Waals surface area (Å²) in [4.78, 5) is 0. The van der Waals surface area contributed by atoms with Crippen LogP contribution in [-0.4, -0.2) is 42.5 Å². The van der Waals surface area contributed by atoms with Crippen LogP contribution in [0.5, 0.6) is 0 Å². The highest BCUT2D eigenvalue weighted by Gasteiger charge is 2.33. The molecule has 3 atom stereocenters. The quantitative estimate of drug-likeness (QED) is 0.837. The van der Waals surface area contributed by atoms with E-state index in [0.717, 1.165) is 24.3 Å². The van der Waals surface area contributed by atoms with E-state index in [1.807, 2.05) is 37.0 Å². The first-order valence-corrected chi connectivity index (χ1v) is 7.85. The lowest BCUT2D eigenvalue weighted by Gasteiger charge is -2.33. The molecule has 4 heteroatoms. The number of thioether (sulfide) groups is 1. The molecule has 0 saturated carbocycles. The van der Waals surface area contributed by atoms with Gasteiger partial charge in [-0.25, -0.2) is 0 Å². The number of hydrogen-bond donors (Lipinski definition) is 2. The van der Waals surface area contributed by atoms with E-state index in [1.165, 1.54) is 0 Å². The van der Waals surface area contributed by atoms with Crippen LogP contribution in [0.15, 0.2) is 30.3 Å². The maximum Gasteiger partial charge on any atom is 0.0758 e. The molecule has 1 aliphatic heterocycles. The average Bonchev–Trinajstić information content (AvgIpc) is 2.87. The van der Waals surface area contributed by atoms with Gasteiger partial charge < -0.3 is 15.2 Å². The van der Waals surface area contributed by atoms with Crippen LogP contribution in [0.2, 0.25) is 0 Å². The van der Waals surface area contributed by atoms with Crippen molar-refractivity contribution in [2.24, 2.45) is 0 Å². The molecule has 1 aliphatic rings. The van der Waals surface area contributed by atoms with Crippen molar-refractivity contribution in [2.75, 3.05) is 26.0 Å². The van der Waals surface area contributed by atoms with Crippen LogP contribution in [0.3, 0.4) is 0 Å². The first kappa shape index (κ1) is 14.9. The van der Waals surface area contributed by atoms with Gasteiger partial charge in [0.25, 0.3) is 0 Å². The number of nitrogens with one attached hydrogen (secondary N) is 1. The summed E-state index contributed by atoms with van der Waals surface area (Å²) in [5, 5.41) is 13.7. The Kier molecular flexibility index (Phi) is 5.28. The summed E-state index contributed by atoms with van der Waals surface area (Å²) in [6.45, 7) is 3.09. The van der Waals surface area contributed by atoms with Crippen molar-refractivity contribution >= 4 is 11.8 Å². The van der Waals surface area contributed by atoms with Gasteiger partial charge in [-0.2, -0.15) is 11.8 Å². The van der Waals surface area contributed by atoms with E-state index in [-0.39, 0.29) is 12.1 Å². The Morgan fingerprint density at radius 1 is 1.42 bits per heavy atom. The van der Waals surface area contributed by atoms with Crippen molar-refractivity contribution in [1.29, 1.82) is 0 Å². The Hall–Kier alpha value is -0.550. The summed E-state index contributed by atoms with van der Waals surface area (Å²) >= 11 is 1.90. The topological polar surface area (TPSA) is 41.5 Å². The molecule has 2 N–H and O–H groups in total. The highest BCUT2D eigenvalue weighted by atomic mass is 32.2. The Labute approximate surface area is 119 Å². The Morgan fingerprint density at radius 3 is 2.68 bits per heavy atom. The fourth-order valence-corrected chi connectivity index (χ4v) is 3.97. The van der Waals surface area contributed by atoms with Crippen LogP contribution < -0.4 is 5.32 Å². The van der Waals surface area contributed by atoms with E-state index >= 15 is 0 Å². The molecule has 106 valence electrons. The van der Waals surface area contributed by atoms with Crippen molar-refractivity contribution in [1.82, 2.24) is 5.32 Å². The van der Waals surface area contributed by atoms with Gasteiger partial charge in [0.05, 0.1) is 18.2 Å². The molecule has 1 heterocycles. The molecule has 0 aliphatic carbocycles. The van der Waals surface area contributed by atoms with Crippen LogP contribution in [0.25, 0.3) is 0 Å². The Morgan fingerprint density at radius 2 is 2.16 bits per heavy atom. The van der Waals surface area contributed by atoms with Crippen molar-refractivity contribution < 1.29 is 9.84 Å². The predicted molar refractivity (Wildman–Crippen MR) is 80.5 cm³/mol. The maximum atomic E-state index is 9.86. The van der Waals surface area contributed by atoms with E-state index in [2.05, 4.69) is 24.4 Å². The average molecular weight is 281 g/mol. The summed E-state index contributed by atoms with van der Waals surface area (Å²) in [5.41, 5.74) is 0.771. The van der Waals surface area contributed by atoms with Crippen LogP contribution >= 0.6 is 11.8 Å². The van der Waals surface area contributed by atoms with Gasteiger partial charge in [-0.3, -0.25) is 0 Å². The summed E-state index contributed by atoms with van der Waals surface area (Å²) in [6, 6.07) is 10.2. The lowest BCUT2D eigenvalue weighted by Crippen LogP contribution is -2.46.